The predicted molar refractivity (Wildman–Crippen MR) is 71.3 cm³/mol. The Morgan fingerprint density at radius 2 is 2.21 bits per heavy atom. The summed E-state index contributed by atoms with van der Waals surface area (Å²) in [6.45, 7) is 2.27. The van der Waals surface area contributed by atoms with Gasteiger partial charge in [-0.1, -0.05) is 0 Å². The Hall–Kier alpha value is -1.67. The molecule has 0 saturated heterocycles. The second-order valence-electron chi connectivity index (χ2n) is 3.73. The number of anilines is 1. The van der Waals surface area contributed by atoms with Crippen LogP contribution in [0.25, 0.3) is 0 Å². The van der Waals surface area contributed by atoms with Crippen LogP contribution in [-0.2, 0) is 14.8 Å². The lowest BCUT2D eigenvalue weighted by Gasteiger charge is -2.09. The van der Waals surface area contributed by atoms with Crippen LogP contribution in [0.2, 0.25) is 0 Å². The normalized spacial score (nSPS) is 11.3. The molecule has 0 fully saturated rings. The van der Waals surface area contributed by atoms with E-state index in [4.69, 9.17) is 15.9 Å². The lowest BCUT2D eigenvalue weighted by molar-refractivity contribution is 0.163. The zero-order valence-corrected chi connectivity index (χ0v) is 11.3. The number of rotatable bonds is 7. The fraction of sp³-hybridized carbons (Fsp3) is 0.364. The molecule has 1 aromatic carbocycles. The summed E-state index contributed by atoms with van der Waals surface area (Å²) >= 11 is 0. The van der Waals surface area contributed by atoms with Crippen molar-refractivity contribution in [2.75, 3.05) is 23.7 Å². The molecule has 1 aromatic rings. The van der Waals surface area contributed by atoms with E-state index in [-0.39, 0.29) is 23.6 Å². The minimum Gasteiger partial charge on any atom is -0.384 e. The van der Waals surface area contributed by atoms with Crippen LogP contribution in [0.1, 0.15) is 12.5 Å². The zero-order chi connectivity index (χ0) is 14.5. The second-order valence-corrected chi connectivity index (χ2v) is 5.57. The number of ether oxygens (including phenoxy) is 1. The number of hydrogen-bond acceptors (Lipinski definition) is 4. The highest BCUT2D eigenvalue weighted by Crippen LogP contribution is 2.15. The molecule has 6 nitrogen and oxygen atoms in total. The van der Waals surface area contributed by atoms with Gasteiger partial charge >= 0.3 is 0 Å². The Morgan fingerprint density at radius 1 is 1.53 bits per heavy atom. The van der Waals surface area contributed by atoms with Crippen LogP contribution in [-0.4, -0.2) is 33.2 Å². The Balaban J connectivity index is 2.82. The molecule has 0 aliphatic carbocycles. The molecular weight excluding hydrogens is 273 g/mol. The zero-order valence-electron chi connectivity index (χ0n) is 10.4. The third-order valence-electron chi connectivity index (χ3n) is 2.23. The molecule has 4 N–H and O–H groups in total. The van der Waals surface area contributed by atoms with Gasteiger partial charge in [0.05, 0.1) is 17.9 Å². The van der Waals surface area contributed by atoms with Crippen molar-refractivity contribution in [2.24, 2.45) is 5.73 Å². The molecule has 0 amide bonds. The van der Waals surface area contributed by atoms with Crippen LogP contribution in [0.4, 0.5) is 10.1 Å². The Morgan fingerprint density at radius 3 is 2.79 bits per heavy atom. The van der Waals surface area contributed by atoms with Crippen molar-refractivity contribution in [1.82, 2.24) is 0 Å². The highest BCUT2D eigenvalue weighted by atomic mass is 32.2. The maximum absolute atomic E-state index is 13.3. The minimum atomic E-state index is -3.57. The third kappa shape index (κ3) is 4.84. The van der Waals surface area contributed by atoms with Gasteiger partial charge in [0.2, 0.25) is 10.0 Å². The molecule has 0 atom stereocenters. The summed E-state index contributed by atoms with van der Waals surface area (Å²) < 4.78 is 43.9. The Bertz CT molecular complexity index is 560. The predicted octanol–water partition coefficient (Wildman–Crippen LogP) is 0.888. The van der Waals surface area contributed by atoms with Gasteiger partial charge in [-0.2, -0.15) is 0 Å². The minimum absolute atomic E-state index is 0.0760. The van der Waals surface area contributed by atoms with Gasteiger partial charge < -0.3 is 10.5 Å². The molecule has 0 heterocycles. The molecule has 0 aromatic heterocycles. The van der Waals surface area contributed by atoms with E-state index in [1.54, 1.807) is 6.92 Å². The van der Waals surface area contributed by atoms with E-state index in [0.29, 0.717) is 6.61 Å². The number of benzene rings is 1. The summed E-state index contributed by atoms with van der Waals surface area (Å²) in [5.41, 5.74) is 5.20. The molecule has 106 valence electrons. The molecule has 0 unspecified atom stereocenters. The summed E-state index contributed by atoms with van der Waals surface area (Å²) in [7, 11) is -3.57. The summed E-state index contributed by atoms with van der Waals surface area (Å²) in [5, 5.41) is 7.18. The average molecular weight is 289 g/mol. The first kappa shape index (κ1) is 15.4. The van der Waals surface area contributed by atoms with Gasteiger partial charge in [0.25, 0.3) is 0 Å². The Kier molecular flexibility index (Phi) is 5.25. The number of halogens is 1. The lowest BCUT2D eigenvalue weighted by atomic mass is 10.2. The monoisotopic (exact) mass is 289 g/mol. The number of nitrogen functional groups attached to an aromatic ring is 1. The van der Waals surface area contributed by atoms with Gasteiger partial charge in [0.1, 0.15) is 11.7 Å². The van der Waals surface area contributed by atoms with E-state index in [2.05, 4.69) is 4.72 Å². The van der Waals surface area contributed by atoms with Crippen LogP contribution in [0.5, 0.6) is 0 Å². The van der Waals surface area contributed by atoms with Gasteiger partial charge in [0, 0.05) is 12.3 Å². The number of nitrogens with one attached hydrogen (secondary N) is 2. The first-order chi connectivity index (χ1) is 8.85. The average Bonchev–Trinajstić information content (AvgIpc) is 2.31. The fourth-order valence-electron chi connectivity index (χ4n) is 1.34. The molecule has 0 aliphatic rings. The first-order valence-corrected chi connectivity index (χ1v) is 7.23. The smallest absolute Gasteiger partial charge is 0.234 e. The highest BCUT2D eigenvalue weighted by molar-refractivity contribution is 7.92. The quantitative estimate of drug-likeness (QED) is 0.394. The standard InChI is InChI=1S/C11H16FN3O3S/c1-2-18-5-6-19(16,17)15-8-3-4-10(12)9(7-8)11(13)14/h3-4,7,15H,2,5-6H2,1H3,(H3,13,14). The van der Waals surface area contributed by atoms with Crippen molar-refractivity contribution >= 4 is 21.5 Å². The maximum atomic E-state index is 13.3. The molecule has 8 heteroatoms. The molecule has 0 bridgehead atoms. The van der Waals surface area contributed by atoms with Crippen molar-refractivity contribution in [3.63, 3.8) is 0 Å². The van der Waals surface area contributed by atoms with E-state index in [0.717, 1.165) is 6.07 Å². The number of nitrogens with two attached hydrogens (primary N) is 1. The molecule has 19 heavy (non-hydrogen) atoms. The van der Waals surface area contributed by atoms with Crippen LogP contribution in [0.3, 0.4) is 0 Å². The first-order valence-electron chi connectivity index (χ1n) is 5.58. The van der Waals surface area contributed by atoms with Crippen molar-refractivity contribution < 1.29 is 17.5 Å². The molecule has 1 rings (SSSR count). The van der Waals surface area contributed by atoms with Crippen molar-refractivity contribution in [3.8, 4) is 0 Å². The second kappa shape index (κ2) is 6.48. The summed E-state index contributed by atoms with van der Waals surface area (Å²) in [6.07, 6.45) is 0. The fourth-order valence-corrected chi connectivity index (χ4v) is 2.26. The van der Waals surface area contributed by atoms with Crippen molar-refractivity contribution in [1.29, 1.82) is 5.41 Å². The topological polar surface area (TPSA) is 105 Å². The third-order valence-corrected chi connectivity index (χ3v) is 3.48. The van der Waals surface area contributed by atoms with Crippen molar-refractivity contribution in [3.05, 3.63) is 29.6 Å². The summed E-state index contributed by atoms with van der Waals surface area (Å²) in [6, 6.07) is 3.49. The van der Waals surface area contributed by atoms with Crippen LogP contribution < -0.4 is 10.5 Å². The summed E-state index contributed by atoms with van der Waals surface area (Å²) in [4.78, 5) is 0. The molecular formula is C11H16FN3O3S. The highest BCUT2D eigenvalue weighted by Gasteiger charge is 2.12. The van der Waals surface area contributed by atoms with Gasteiger partial charge in [-0.05, 0) is 25.1 Å². The van der Waals surface area contributed by atoms with E-state index >= 15 is 0 Å². The SMILES string of the molecule is CCOCCS(=O)(=O)Nc1ccc(F)c(C(=N)N)c1. The number of amidine groups is 1. The van der Waals surface area contributed by atoms with Crippen LogP contribution in [0, 0.1) is 11.2 Å². The van der Waals surface area contributed by atoms with E-state index in [1.165, 1.54) is 12.1 Å². The Labute approximate surface area is 111 Å². The van der Waals surface area contributed by atoms with Crippen LogP contribution >= 0.6 is 0 Å². The van der Waals surface area contributed by atoms with E-state index < -0.39 is 21.7 Å². The van der Waals surface area contributed by atoms with Gasteiger partial charge in [-0.25, -0.2) is 12.8 Å². The van der Waals surface area contributed by atoms with Gasteiger partial charge in [-0.3, -0.25) is 10.1 Å². The van der Waals surface area contributed by atoms with Gasteiger partial charge in [0.15, 0.2) is 0 Å². The van der Waals surface area contributed by atoms with Crippen LogP contribution in [0.15, 0.2) is 18.2 Å². The number of sulfonamides is 1. The molecule has 0 radical (unpaired) electrons. The lowest BCUT2D eigenvalue weighted by Crippen LogP contribution is -2.21. The molecule has 0 aliphatic heterocycles. The van der Waals surface area contributed by atoms with Gasteiger partial charge in [-0.15, -0.1) is 0 Å². The molecule has 0 saturated carbocycles. The maximum Gasteiger partial charge on any atom is 0.234 e. The van der Waals surface area contributed by atoms with E-state index in [1.807, 2.05) is 0 Å². The van der Waals surface area contributed by atoms with Crippen molar-refractivity contribution in [2.45, 2.75) is 6.92 Å². The largest absolute Gasteiger partial charge is 0.384 e. The number of hydrogen-bond donors (Lipinski definition) is 3. The summed E-state index contributed by atoms with van der Waals surface area (Å²) in [5.74, 6) is -1.34. The van der Waals surface area contributed by atoms with E-state index in [9.17, 15) is 12.8 Å². The molecule has 0 spiro atoms.